The second-order valence-electron chi connectivity index (χ2n) is 7.23. The highest BCUT2D eigenvalue weighted by Gasteiger charge is 2.17. The second-order valence-corrected chi connectivity index (χ2v) is 8.17. The summed E-state index contributed by atoms with van der Waals surface area (Å²) in [7, 11) is 0. The number of halogens is 2. The number of hydrogen-bond acceptors (Lipinski definition) is 6. The van der Waals surface area contributed by atoms with Crippen LogP contribution in [0.25, 0.3) is 17.1 Å². The van der Waals surface area contributed by atoms with Crippen LogP contribution in [0.3, 0.4) is 0 Å². The molecule has 2 heterocycles. The molecule has 0 atom stereocenters. The first kappa shape index (κ1) is 21.8. The van der Waals surface area contributed by atoms with Gasteiger partial charge in [0.1, 0.15) is 18.7 Å². The quantitative estimate of drug-likeness (QED) is 0.253. The highest BCUT2D eigenvalue weighted by molar-refractivity contribution is 7.98. The van der Waals surface area contributed by atoms with Crippen LogP contribution in [0.2, 0.25) is 0 Å². The minimum atomic E-state index is -0.439. The summed E-state index contributed by atoms with van der Waals surface area (Å²) in [5.41, 5.74) is 2.25. The molecule has 34 heavy (non-hydrogen) atoms. The number of rotatable bonds is 8. The number of hydrogen-bond donors (Lipinski definition) is 0. The van der Waals surface area contributed by atoms with Crippen LogP contribution in [0, 0.1) is 11.6 Å². The van der Waals surface area contributed by atoms with E-state index in [-0.39, 0.29) is 18.2 Å². The molecule has 9 heteroatoms. The smallest absolute Gasteiger partial charge is 0.226 e. The molecule has 0 N–H and O–H groups in total. The van der Waals surface area contributed by atoms with Gasteiger partial charge in [0.2, 0.25) is 5.89 Å². The van der Waals surface area contributed by atoms with Crippen LogP contribution >= 0.6 is 11.8 Å². The van der Waals surface area contributed by atoms with E-state index in [1.54, 1.807) is 36.6 Å². The fourth-order valence-electron chi connectivity index (χ4n) is 3.26. The van der Waals surface area contributed by atoms with Crippen molar-refractivity contribution < 1.29 is 17.9 Å². The van der Waals surface area contributed by atoms with Crippen molar-refractivity contribution in [2.45, 2.75) is 17.5 Å². The Morgan fingerprint density at radius 3 is 2.44 bits per heavy atom. The van der Waals surface area contributed by atoms with Gasteiger partial charge >= 0.3 is 0 Å². The third-order valence-corrected chi connectivity index (χ3v) is 5.86. The molecule has 6 nitrogen and oxygen atoms in total. The minimum absolute atomic E-state index is 0.0437. The summed E-state index contributed by atoms with van der Waals surface area (Å²) >= 11 is 1.43. The van der Waals surface area contributed by atoms with E-state index in [9.17, 15) is 8.78 Å². The Morgan fingerprint density at radius 2 is 1.65 bits per heavy atom. The van der Waals surface area contributed by atoms with Gasteiger partial charge in [0.05, 0.1) is 5.69 Å². The predicted octanol–water partition coefficient (Wildman–Crippen LogP) is 6.07. The molecule has 3 aromatic carbocycles. The van der Waals surface area contributed by atoms with Gasteiger partial charge in [-0.15, -0.1) is 10.2 Å². The highest BCUT2D eigenvalue weighted by atomic mass is 32.2. The van der Waals surface area contributed by atoms with Crippen molar-refractivity contribution in [1.82, 2.24) is 19.7 Å². The fraction of sp³-hybridized carbons (Fsp3) is 0.0800. The standard InChI is InChI=1S/C25H18F2N4O2S/c26-18-12-10-17(11-13-18)24-28-19(14-33-24)16-34-25-30-29-23(31(25)20-6-2-1-3-7-20)15-32-22-9-5-4-8-21(22)27/h1-14H,15-16H2. The number of nitrogens with zero attached hydrogens (tertiary/aromatic N) is 4. The summed E-state index contributed by atoms with van der Waals surface area (Å²) in [5, 5.41) is 9.22. The molecule has 0 amide bonds. The van der Waals surface area contributed by atoms with Gasteiger partial charge in [-0.1, -0.05) is 42.1 Å². The van der Waals surface area contributed by atoms with Crippen LogP contribution in [-0.4, -0.2) is 19.7 Å². The molecule has 0 fully saturated rings. The summed E-state index contributed by atoms with van der Waals surface area (Å²) in [4.78, 5) is 4.49. The summed E-state index contributed by atoms with van der Waals surface area (Å²) in [6.45, 7) is 0.0437. The van der Waals surface area contributed by atoms with Crippen molar-refractivity contribution in [1.29, 1.82) is 0 Å². The Bertz CT molecular complexity index is 1390. The maximum absolute atomic E-state index is 14.0. The molecule has 0 aliphatic rings. The van der Waals surface area contributed by atoms with Gasteiger partial charge in [0.25, 0.3) is 0 Å². The molecule has 0 saturated heterocycles. The molecule has 0 saturated carbocycles. The van der Waals surface area contributed by atoms with Gasteiger partial charge in [-0.3, -0.25) is 4.57 Å². The molecule has 0 aliphatic carbocycles. The van der Waals surface area contributed by atoms with Gasteiger partial charge in [-0.25, -0.2) is 13.8 Å². The topological polar surface area (TPSA) is 66.0 Å². The average molecular weight is 477 g/mol. The van der Waals surface area contributed by atoms with Crippen LogP contribution in [0.1, 0.15) is 11.5 Å². The lowest BCUT2D eigenvalue weighted by Crippen LogP contribution is -2.07. The molecular formula is C25H18F2N4O2S. The molecule has 2 aromatic heterocycles. The lowest BCUT2D eigenvalue weighted by molar-refractivity contribution is 0.278. The van der Waals surface area contributed by atoms with Crippen LogP contribution < -0.4 is 4.74 Å². The summed E-state index contributed by atoms with van der Waals surface area (Å²) in [6, 6.07) is 21.8. The third kappa shape index (κ3) is 4.84. The number of oxazole rings is 1. The van der Waals surface area contributed by atoms with Crippen LogP contribution in [0.5, 0.6) is 5.75 Å². The van der Waals surface area contributed by atoms with E-state index in [0.29, 0.717) is 33.9 Å². The van der Waals surface area contributed by atoms with Gasteiger partial charge in [0.15, 0.2) is 22.5 Å². The normalized spacial score (nSPS) is 11.0. The molecule has 170 valence electrons. The van der Waals surface area contributed by atoms with Crippen LogP contribution in [0.4, 0.5) is 8.78 Å². The first-order valence-electron chi connectivity index (χ1n) is 10.4. The summed E-state index contributed by atoms with van der Waals surface area (Å²) < 4.78 is 40.2. The molecule has 5 aromatic rings. The molecule has 5 rings (SSSR count). The third-order valence-electron chi connectivity index (χ3n) is 4.90. The van der Waals surface area contributed by atoms with Gasteiger partial charge < -0.3 is 9.15 Å². The van der Waals surface area contributed by atoms with Crippen LogP contribution in [0.15, 0.2) is 94.7 Å². The minimum Gasteiger partial charge on any atom is -0.483 e. The molecule has 0 bridgehead atoms. The molecule has 0 spiro atoms. The maximum Gasteiger partial charge on any atom is 0.226 e. The number of benzene rings is 3. The molecule has 0 unspecified atom stereocenters. The van der Waals surface area contributed by atoms with Gasteiger partial charge in [-0.2, -0.15) is 0 Å². The maximum atomic E-state index is 14.0. The number of ether oxygens (including phenoxy) is 1. The van der Waals surface area contributed by atoms with E-state index in [0.717, 1.165) is 5.69 Å². The molecular weight excluding hydrogens is 458 g/mol. The fourth-order valence-corrected chi connectivity index (χ4v) is 4.11. The van der Waals surface area contributed by atoms with Crippen molar-refractivity contribution in [3.05, 3.63) is 108 Å². The number of thioether (sulfide) groups is 1. The highest BCUT2D eigenvalue weighted by Crippen LogP contribution is 2.27. The Labute approximate surface area is 198 Å². The van der Waals surface area contributed by atoms with E-state index >= 15 is 0 Å². The zero-order valence-corrected chi connectivity index (χ0v) is 18.6. The Kier molecular flexibility index (Phi) is 6.35. The second kappa shape index (κ2) is 9.88. The van der Waals surface area contributed by atoms with Crippen molar-refractivity contribution >= 4 is 11.8 Å². The Balaban J connectivity index is 1.35. The largest absolute Gasteiger partial charge is 0.483 e. The number of aromatic nitrogens is 4. The van der Waals surface area contributed by atoms with Crippen molar-refractivity contribution in [3.63, 3.8) is 0 Å². The van der Waals surface area contributed by atoms with E-state index in [1.165, 1.54) is 30.0 Å². The monoisotopic (exact) mass is 476 g/mol. The predicted molar refractivity (Wildman–Crippen MR) is 124 cm³/mol. The zero-order chi connectivity index (χ0) is 23.3. The van der Waals surface area contributed by atoms with Crippen molar-refractivity contribution in [2.24, 2.45) is 0 Å². The van der Waals surface area contributed by atoms with E-state index in [4.69, 9.17) is 9.15 Å². The summed E-state index contributed by atoms with van der Waals surface area (Å²) in [5.74, 6) is 0.814. The van der Waals surface area contributed by atoms with E-state index in [1.807, 2.05) is 34.9 Å². The van der Waals surface area contributed by atoms with Gasteiger partial charge in [-0.05, 0) is 48.5 Å². The van der Waals surface area contributed by atoms with E-state index < -0.39 is 5.82 Å². The van der Waals surface area contributed by atoms with Crippen LogP contribution in [-0.2, 0) is 12.4 Å². The lowest BCUT2D eigenvalue weighted by Gasteiger charge is -2.11. The lowest BCUT2D eigenvalue weighted by atomic mass is 10.2. The van der Waals surface area contributed by atoms with Crippen molar-refractivity contribution in [3.8, 4) is 22.9 Å². The van der Waals surface area contributed by atoms with E-state index in [2.05, 4.69) is 15.2 Å². The SMILES string of the molecule is Fc1ccc(-c2nc(CSc3nnc(COc4ccccc4F)n3-c3ccccc3)co2)cc1. The number of para-hydroxylation sites is 2. The van der Waals surface area contributed by atoms with Gasteiger partial charge in [0, 0.05) is 17.0 Å². The van der Waals surface area contributed by atoms with Crippen molar-refractivity contribution in [2.75, 3.05) is 0 Å². The first-order valence-corrected chi connectivity index (χ1v) is 11.4. The molecule has 0 radical (unpaired) electrons. The first-order chi connectivity index (χ1) is 16.7. The summed E-state index contributed by atoms with van der Waals surface area (Å²) in [6.07, 6.45) is 1.57. The Hall–Kier alpha value is -3.98. The average Bonchev–Trinajstić information content (AvgIpc) is 3.50. The zero-order valence-electron chi connectivity index (χ0n) is 17.8. The molecule has 0 aliphatic heterocycles. The Morgan fingerprint density at radius 1 is 0.882 bits per heavy atom.